The highest BCUT2D eigenvalue weighted by Gasteiger charge is 2.16. The van der Waals surface area contributed by atoms with Crippen molar-refractivity contribution in [3.05, 3.63) is 11.9 Å². The van der Waals surface area contributed by atoms with Gasteiger partial charge in [0.2, 0.25) is 5.91 Å². The molecule has 1 N–H and O–H groups in total. The lowest BCUT2D eigenvalue weighted by Crippen LogP contribution is -2.34. The largest absolute Gasteiger partial charge is 0.383 e. The van der Waals surface area contributed by atoms with Gasteiger partial charge in [-0.1, -0.05) is 18.1 Å². The van der Waals surface area contributed by atoms with Crippen LogP contribution in [0.1, 0.15) is 31.4 Å². The van der Waals surface area contributed by atoms with E-state index in [1.165, 1.54) is 12.8 Å². The molecule has 0 bridgehead atoms. The van der Waals surface area contributed by atoms with Gasteiger partial charge in [-0.15, -0.1) is 5.10 Å². The molecule has 7 nitrogen and oxygen atoms in total. The van der Waals surface area contributed by atoms with Crippen LogP contribution >= 0.6 is 0 Å². The second-order valence-electron chi connectivity index (χ2n) is 5.37. The number of likely N-dealkylation sites (tertiary alicyclic amines) is 1. The smallest absolute Gasteiger partial charge is 0.244 e. The van der Waals surface area contributed by atoms with Gasteiger partial charge in [-0.05, 0) is 12.8 Å². The highest BCUT2D eigenvalue weighted by Crippen LogP contribution is 2.10. The van der Waals surface area contributed by atoms with Crippen LogP contribution in [0.25, 0.3) is 0 Å². The van der Waals surface area contributed by atoms with Crippen molar-refractivity contribution in [2.24, 2.45) is 0 Å². The summed E-state index contributed by atoms with van der Waals surface area (Å²) in [5.74, 6) is 0.140. The maximum atomic E-state index is 12.2. The first-order valence-electron chi connectivity index (χ1n) is 7.66. The summed E-state index contributed by atoms with van der Waals surface area (Å²) >= 11 is 0. The second kappa shape index (κ2) is 8.74. The lowest BCUT2D eigenvalue weighted by molar-refractivity contribution is -0.132. The topological polar surface area (TPSA) is 72.3 Å². The molecule has 7 heteroatoms. The number of hydrogen-bond acceptors (Lipinski definition) is 5. The third kappa shape index (κ3) is 5.43. The molecule has 1 aromatic heterocycles. The quantitative estimate of drug-likeness (QED) is 0.738. The Labute approximate surface area is 125 Å². The molecule has 2 rings (SSSR count). The van der Waals surface area contributed by atoms with Crippen molar-refractivity contribution in [3.8, 4) is 0 Å². The Bertz CT molecular complexity index is 427. The van der Waals surface area contributed by atoms with Gasteiger partial charge in [-0.2, -0.15) is 0 Å². The van der Waals surface area contributed by atoms with Crippen LogP contribution in [0.2, 0.25) is 0 Å². The average Bonchev–Trinajstić information content (AvgIpc) is 2.76. The van der Waals surface area contributed by atoms with Crippen LogP contribution in [-0.4, -0.2) is 59.2 Å². The summed E-state index contributed by atoms with van der Waals surface area (Å²) in [6.07, 6.45) is 6.50. The van der Waals surface area contributed by atoms with Crippen molar-refractivity contribution in [2.45, 2.75) is 38.8 Å². The van der Waals surface area contributed by atoms with Crippen LogP contribution in [0.5, 0.6) is 0 Å². The SMILES string of the molecule is COCCNCc1cn(CC(=O)N2CCCCCC2)nn1. The summed E-state index contributed by atoms with van der Waals surface area (Å²) < 4.78 is 6.59. The zero-order chi connectivity index (χ0) is 14.9. The first kappa shape index (κ1) is 15.9. The Kier molecular flexibility index (Phi) is 6.62. The van der Waals surface area contributed by atoms with Crippen molar-refractivity contribution in [2.75, 3.05) is 33.4 Å². The number of carbonyl (C=O) groups excluding carboxylic acids is 1. The molecule has 1 aliphatic rings. The number of carbonyl (C=O) groups is 1. The van der Waals surface area contributed by atoms with Gasteiger partial charge in [0, 0.05) is 33.3 Å². The number of nitrogens with zero attached hydrogens (tertiary/aromatic N) is 4. The minimum Gasteiger partial charge on any atom is -0.383 e. The molecule has 0 saturated carbocycles. The lowest BCUT2D eigenvalue weighted by Gasteiger charge is -2.19. The van der Waals surface area contributed by atoms with Crippen molar-refractivity contribution in [1.82, 2.24) is 25.2 Å². The number of rotatable bonds is 7. The highest BCUT2D eigenvalue weighted by atomic mass is 16.5. The summed E-state index contributed by atoms with van der Waals surface area (Å²) in [5, 5.41) is 11.3. The molecular formula is C14H25N5O2. The van der Waals surface area contributed by atoms with Gasteiger partial charge in [-0.3, -0.25) is 4.79 Å². The van der Waals surface area contributed by atoms with E-state index in [0.29, 0.717) is 13.2 Å². The third-order valence-electron chi connectivity index (χ3n) is 3.63. The van der Waals surface area contributed by atoms with Gasteiger partial charge in [-0.25, -0.2) is 4.68 Å². The number of hydrogen-bond donors (Lipinski definition) is 1. The lowest BCUT2D eigenvalue weighted by atomic mass is 10.2. The minimum absolute atomic E-state index is 0.140. The molecule has 0 spiro atoms. The van der Waals surface area contributed by atoms with Gasteiger partial charge < -0.3 is 15.0 Å². The molecule has 1 aliphatic heterocycles. The highest BCUT2D eigenvalue weighted by molar-refractivity contribution is 5.75. The summed E-state index contributed by atoms with van der Waals surface area (Å²) in [7, 11) is 1.67. The van der Waals surface area contributed by atoms with Gasteiger partial charge in [0.15, 0.2) is 0 Å². The van der Waals surface area contributed by atoms with Crippen molar-refractivity contribution < 1.29 is 9.53 Å². The molecule has 1 amide bonds. The van der Waals surface area contributed by atoms with Crippen molar-refractivity contribution in [1.29, 1.82) is 0 Å². The van der Waals surface area contributed by atoms with E-state index >= 15 is 0 Å². The number of nitrogens with one attached hydrogen (secondary N) is 1. The van der Waals surface area contributed by atoms with Crippen LogP contribution in [0.3, 0.4) is 0 Å². The molecule has 2 heterocycles. The fourth-order valence-corrected chi connectivity index (χ4v) is 2.45. The molecule has 1 saturated heterocycles. The molecule has 0 aromatic carbocycles. The Hall–Kier alpha value is -1.47. The van der Waals surface area contributed by atoms with E-state index in [9.17, 15) is 4.79 Å². The molecule has 118 valence electrons. The van der Waals surface area contributed by atoms with Gasteiger partial charge in [0.25, 0.3) is 0 Å². The van der Waals surface area contributed by atoms with E-state index in [1.807, 2.05) is 11.1 Å². The van der Waals surface area contributed by atoms with Gasteiger partial charge in [0.05, 0.1) is 18.5 Å². The molecule has 21 heavy (non-hydrogen) atoms. The predicted octanol–water partition coefficient (Wildman–Crippen LogP) is 0.417. The first-order valence-corrected chi connectivity index (χ1v) is 7.66. The van der Waals surface area contributed by atoms with E-state index in [4.69, 9.17) is 4.74 Å². The standard InChI is InChI=1S/C14H25N5O2/c1-21-9-6-15-10-13-11-19(17-16-13)12-14(20)18-7-4-2-3-5-8-18/h11,15H,2-10,12H2,1H3. The van der Waals surface area contributed by atoms with Gasteiger partial charge >= 0.3 is 0 Å². The summed E-state index contributed by atoms with van der Waals surface area (Å²) in [4.78, 5) is 14.2. The van der Waals surface area contributed by atoms with E-state index < -0.39 is 0 Å². The van der Waals surface area contributed by atoms with Crippen molar-refractivity contribution >= 4 is 5.91 Å². The van der Waals surface area contributed by atoms with Crippen LogP contribution in [-0.2, 0) is 22.6 Å². The van der Waals surface area contributed by atoms with Crippen LogP contribution < -0.4 is 5.32 Å². The summed E-state index contributed by atoms with van der Waals surface area (Å²) in [6, 6.07) is 0. The monoisotopic (exact) mass is 295 g/mol. The number of amides is 1. The fourth-order valence-electron chi connectivity index (χ4n) is 2.45. The molecule has 0 unspecified atom stereocenters. The number of ether oxygens (including phenoxy) is 1. The number of methoxy groups -OCH3 is 1. The second-order valence-corrected chi connectivity index (χ2v) is 5.37. The van der Waals surface area contributed by atoms with Gasteiger partial charge in [0.1, 0.15) is 6.54 Å². The maximum Gasteiger partial charge on any atom is 0.244 e. The van der Waals surface area contributed by atoms with E-state index in [2.05, 4.69) is 15.6 Å². The average molecular weight is 295 g/mol. The predicted molar refractivity (Wildman–Crippen MR) is 78.7 cm³/mol. The maximum absolute atomic E-state index is 12.2. The fraction of sp³-hybridized carbons (Fsp3) is 0.786. The van der Waals surface area contributed by atoms with Crippen molar-refractivity contribution in [3.63, 3.8) is 0 Å². The van der Waals surface area contributed by atoms with E-state index in [1.54, 1.807) is 11.8 Å². The zero-order valence-electron chi connectivity index (χ0n) is 12.8. The normalized spacial score (nSPS) is 16.0. The van der Waals surface area contributed by atoms with E-state index in [-0.39, 0.29) is 12.5 Å². The van der Waals surface area contributed by atoms with Crippen LogP contribution in [0.15, 0.2) is 6.20 Å². The van der Waals surface area contributed by atoms with Crippen LogP contribution in [0.4, 0.5) is 0 Å². The Morgan fingerprint density at radius 1 is 1.33 bits per heavy atom. The molecule has 1 fully saturated rings. The molecule has 0 aliphatic carbocycles. The minimum atomic E-state index is 0.140. The Balaban J connectivity index is 1.77. The number of aromatic nitrogens is 3. The third-order valence-corrected chi connectivity index (χ3v) is 3.63. The molecule has 0 atom stereocenters. The molecule has 1 aromatic rings. The first-order chi connectivity index (χ1) is 10.3. The molecular weight excluding hydrogens is 270 g/mol. The summed E-state index contributed by atoms with van der Waals surface area (Å²) in [5.41, 5.74) is 0.842. The summed E-state index contributed by atoms with van der Waals surface area (Å²) in [6.45, 7) is 4.11. The Morgan fingerprint density at radius 2 is 2.10 bits per heavy atom. The Morgan fingerprint density at radius 3 is 2.81 bits per heavy atom. The molecule has 0 radical (unpaired) electrons. The van der Waals surface area contributed by atoms with Crippen LogP contribution in [0, 0.1) is 0 Å². The van der Waals surface area contributed by atoms with E-state index in [0.717, 1.165) is 38.2 Å². The zero-order valence-corrected chi connectivity index (χ0v) is 12.8.